The van der Waals surface area contributed by atoms with E-state index < -0.39 is 0 Å². The quantitative estimate of drug-likeness (QED) is 0.738. The molecule has 2 fully saturated rings. The summed E-state index contributed by atoms with van der Waals surface area (Å²) >= 11 is 0. The SMILES string of the molecule is O=C(CC1CNC1)NCCN1CCCCCC1. The third-order valence-electron chi connectivity index (χ3n) is 3.79. The van der Waals surface area contributed by atoms with Gasteiger partial charge in [0.05, 0.1) is 0 Å². The molecule has 17 heavy (non-hydrogen) atoms. The first-order valence-electron chi connectivity index (χ1n) is 7.04. The van der Waals surface area contributed by atoms with Gasteiger partial charge in [-0.3, -0.25) is 4.79 Å². The molecule has 2 aliphatic heterocycles. The van der Waals surface area contributed by atoms with Crippen LogP contribution in [-0.4, -0.2) is 50.1 Å². The number of nitrogens with zero attached hydrogens (tertiary/aromatic N) is 1. The van der Waals surface area contributed by atoms with Crippen molar-refractivity contribution in [3.05, 3.63) is 0 Å². The van der Waals surface area contributed by atoms with Gasteiger partial charge in [-0.25, -0.2) is 0 Å². The van der Waals surface area contributed by atoms with Crippen molar-refractivity contribution in [3.8, 4) is 0 Å². The van der Waals surface area contributed by atoms with Gasteiger partial charge in [-0.1, -0.05) is 12.8 Å². The summed E-state index contributed by atoms with van der Waals surface area (Å²) in [6.07, 6.45) is 6.09. The first-order chi connectivity index (χ1) is 8.34. The molecule has 0 aliphatic carbocycles. The van der Waals surface area contributed by atoms with Gasteiger partial charge in [0.25, 0.3) is 0 Å². The summed E-state index contributed by atoms with van der Waals surface area (Å²) in [6.45, 7) is 6.29. The van der Waals surface area contributed by atoms with Gasteiger partial charge in [-0.15, -0.1) is 0 Å². The Labute approximate surface area is 104 Å². The number of nitrogens with one attached hydrogen (secondary N) is 2. The van der Waals surface area contributed by atoms with Gasteiger partial charge in [0.1, 0.15) is 0 Å². The molecule has 0 aromatic heterocycles. The van der Waals surface area contributed by atoms with Gasteiger partial charge < -0.3 is 15.5 Å². The molecule has 2 saturated heterocycles. The minimum atomic E-state index is 0.228. The highest BCUT2D eigenvalue weighted by molar-refractivity contribution is 5.76. The smallest absolute Gasteiger partial charge is 0.220 e. The Balaban J connectivity index is 1.53. The molecular formula is C13H25N3O. The number of rotatable bonds is 5. The second-order valence-electron chi connectivity index (χ2n) is 5.33. The van der Waals surface area contributed by atoms with Gasteiger partial charge in [0.15, 0.2) is 0 Å². The lowest BCUT2D eigenvalue weighted by Gasteiger charge is -2.26. The highest BCUT2D eigenvalue weighted by Crippen LogP contribution is 2.09. The van der Waals surface area contributed by atoms with Crippen LogP contribution in [-0.2, 0) is 4.79 Å². The summed E-state index contributed by atoms with van der Waals surface area (Å²) in [5, 5.41) is 6.23. The van der Waals surface area contributed by atoms with E-state index in [0.29, 0.717) is 12.3 Å². The molecule has 0 aromatic carbocycles. The van der Waals surface area contributed by atoms with Gasteiger partial charge in [-0.05, 0) is 44.9 Å². The molecule has 1 amide bonds. The van der Waals surface area contributed by atoms with Crippen LogP contribution in [0.3, 0.4) is 0 Å². The zero-order chi connectivity index (χ0) is 11.9. The Morgan fingerprint density at radius 1 is 1.18 bits per heavy atom. The predicted octanol–water partition coefficient (Wildman–Crippen LogP) is 0.588. The Kier molecular flexibility index (Phi) is 5.26. The van der Waals surface area contributed by atoms with Crippen LogP contribution in [0.2, 0.25) is 0 Å². The van der Waals surface area contributed by atoms with E-state index >= 15 is 0 Å². The fourth-order valence-electron chi connectivity index (χ4n) is 2.54. The Morgan fingerprint density at radius 2 is 1.88 bits per heavy atom. The van der Waals surface area contributed by atoms with E-state index in [2.05, 4.69) is 15.5 Å². The molecule has 2 N–H and O–H groups in total. The molecule has 0 unspecified atom stereocenters. The van der Waals surface area contributed by atoms with E-state index in [0.717, 1.165) is 26.2 Å². The highest BCUT2D eigenvalue weighted by Gasteiger charge is 2.19. The van der Waals surface area contributed by atoms with E-state index in [4.69, 9.17) is 0 Å². The molecule has 0 saturated carbocycles. The maximum absolute atomic E-state index is 11.6. The maximum atomic E-state index is 11.6. The van der Waals surface area contributed by atoms with E-state index in [1.165, 1.54) is 38.8 Å². The molecule has 0 bridgehead atoms. The van der Waals surface area contributed by atoms with Crippen LogP contribution in [0.15, 0.2) is 0 Å². The minimum Gasteiger partial charge on any atom is -0.355 e. The Bertz CT molecular complexity index is 233. The van der Waals surface area contributed by atoms with Crippen molar-refractivity contribution < 1.29 is 4.79 Å². The van der Waals surface area contributed by atoms with E-state index in [9.17, 15) is 4.79 Å². The van der Waals surface area contributed by atoms with Gasteiger partial charge >= 0.3 is 0 Å². The second-order valence-corrected chi connectivity index (χ2v) is 5.33. The molecule has 2 aliphatic rings. The van der Waals surface area contributed by atoms with Crippen molar-refractivity contribution >= 4 is 5.91 Å². The number of hydrogen-bond donors (Lipinski definition) is 2. The summed E-state index contributed by atoms with van der Waals surface area (Å²) < 4.78 is 0. The summed E-state index contributed by atoms with van der Waals surface area (Å²) in [7, 11) is 0. The summed E-state index contributed by atoms with van der Waals surface area (Å²) in [5.74, 6) is 0.805. The van der Waals surface area contributed by atoms with Crippen molar-refractivity contribution in [2.45, 2.75) is 32.1 Å². The van der Waals surface area contributed by atoms with Gasteiger partial charge in [0.2, 0.25) is 5.91 Å². The third kappa shape index (κ3) is 4.64. The van der Waals surface area contributed by atoms with E-state index in [1.807, 2.05) is 0 Å². The lowest BCUT2D eigenvalue weighted by atomic mass is 9.99. The monoisotopic (exact) mass is 239 g/mol. The van der Waals surface area contributed by atoms with Crippen molar-refractivity contribution in [2.24, 2.45) is 5.92 Å². The van der Waals surface area contributed by atoms with E-state index in [1.54, 1.807) is 0 Å². The van der Waals surface area contributed by atoms with Crippen molar-refractivity contribution in [1.82, 2.24) is 15.5 Å². The Morgan fingerprint density at radius 3 is 2.47 bits per heavy atom. The molecule has 2 heterocycles. The predicted molar refractivity (Wildman–Crippen MR) is 68.9 cm³/mol. The average molecular weight is 239 g/mol. The second kappa shape index (κ2) is 6.97. The molecule has 0 spiro atoms. The van der Waals surface area contributed by atoms with E-state index in [-0.39, 0.29) is 5.91 Å². The lowest BCUT2D eigenvalue weighted by molar-refractivity contribution is -0.122. The van der Waals surface area contributed by atoms with Crippen LogP contribution < -0.4 is 10.6 Å². The average Bonchev–Trinajstić information content (AvgIpc) is 2.52. The van der Waals surface area contributed by atoms with Gasteiger partial charge in [0, 0.05) is 19.5 Å². The standard InChI is InChI=1S/C13H25N3O/c17-13(9-12-10-14-11-12)15-5-8-16-6-3-1-2-4-7-16/h12,14H,1-11H2,(H,15,17). The van der Waals surface area contributed by atoms with Crippen LogP contribution in [0.25, 0.3) is 0 Å². The van der Waals surface area contributed by atoms with Crippen molar-refractivity contribution in [3.63, 3.8) is 0 Å². The summed E-state index contributed by atoms with van der Waals surface area (Å²) in [5.41, 5.74) is 0. The summed E-state index contributed by atoms with van der Waals surface area (Å²) in [6, 6.07) is 0. The largest absolute Gasteiger partial charge is 0.355 e. The summed E-state index contributed by atoms with van der Waals surface area (Å²) in [4.78, 5) is 14.1. The van der Waals surface area contributed by atoms with Crippen LogP contribution >= 0.6 is 0 Å². The minimum absolute atomic E-state index is 0.228. The number of likely N-dealkylation sites (tertiary alicyclic amines) is 1. The molecule has 4 heteroatoms. The third-order valence-corrected chi connectivity index (χ3v) is 3.79. The first kappa shape index (κ1) is 12.8. The fraction of sp³-hybridized carbons (Fsp3) is 0.923. The van der Waals surface area contributed by atoms with Gasteiger partial charge in [-0.2, -0.15) is 0 Å². The molecule has 4 nitrogen and oxygen atoms in total. The Hall–Kier alpha value is -0.610. The van der Waals surface area contributed by atoms with Crippen LogP contribution in [0.1, 0.15) is 32.1 Å². The van der Waals surface area contributed by atoms with Crippen molar-refractivity contribution in [2.75, 3.05) is 39.3 Å². The molecule has 0 atom stereocenters. The number of amides is 1. The maximum Gasteiger partial charge on any atom is 0.220 e. The van der Waals surface area contributed by atoms with Crippen LogP contribution in [0, 0.1) is 5.92 Å². The first-order valence-corrected chi connectivity index (χ1v) is 7.04. The molecular weight excluding hydrogens is 214 g/mol. The zero-order valence-corrected chi connectivity index (χ0v) is 10.7. The van der Waals surface area contributed by atoms with Crippen LogP contribution in [0.4, 0.5) is 0 Å². The molecule has 0 radical (unpaired) electrons. The van der Waals surface area contributed by atoms with Crippen molar-refractivity contribution in [1.29, 1.82) is 0 Å². The molecule has 98 valence electrons. The number of hydrogen-bond acceptors (Lipinski definition) is 3. The highest BCUT2D eigenvalue weighted by atomic mass is 16.1. The lowest BCUT2D eigenvalue weighted by Crippen LogP contribution is -2.45. The zero-order valence-electron chi connectivity index (χ0n) is 10.7. The molecule has 2 rings (SSSR count). The molecule has 0 aromatic rings. The fourth-order valence-corrected chi connectivity index (χ4v) is 2.54. The van der Waals surface area contributed by atoms with Crippen LogP contribution in [0.5, 0.6) is 0 Å². The number of carbonyl (C=O) groups excluding carboxylic acids is 1. The normalized spacial score (nSPS) is 22.8. The topological polar surface area (TPSA) is 44.4 Å². The number of carbonyl (C=O) groups is 1.